The summed E-state index contributed by atoms with van der Waals surface area (Å²) >= 11 is 0. The Morgan fingerprint density at radius 3 is 2.52 bits per heavy atom. The van der Waals surface area contributed by atoms with E-state index in [1.807, 2.05) is 24.3 Å². The van der Waals surface area contributed by atoms with Gasteiger partial charge in [-0.05, 0) is 73.8 Å². The first-order valence-electron chi connectivity index (χ1n) is 10.9. The summed E-state index contributed by atoms with van der Waals surface area (Å²) in [6.45, 7) is 0. The van der Waals surface area contributed by atoms with Crippen molar-refractivity contribution in [3.05, 3.63) is 47.5 Å². The van der Waals surface area contributed by atoms with Crippen molar-refractivity contribution in [2.24, 2.45) is 17.8 Å². The van der Waals surface area contributed by atoms with Crippen molar-refractivity contribution < 1.29 is 24.5 Å². The lowest BCUT2D eigenvalue weighted by Gasteiger charge is -2.24. The summed E-state index contributed by atoms with van der Waals surface area (Å²) in [5, 5.41) is 29.6. The number of unbranched alkanes of at least 4 members (excludes halogenated alkanes) is 1. The number of alkyl halides is 1. The topological polar surface area (TPSA) is 77.8 Å². The molecule has 0 aromatic heterocycles. The van der Waals surface area contributed by atoms with Crippen LogP contribution in [0, 0.1) is 17.8 Å². The van der Waals surface area contributed by atoms with Gasteiger partial charge in [0.2, 0.25) is 0 Å². The van der Waals surface area contributed by atoms with Crippen LogP contribution in [0.25, 0.3) is 0 Å². The Morgan fingerprint density at radius 2 is 1.86 bits per heavy atom. The Morgan fingerprint density at radius 1 is 1.17 bits per heavy atom. The SMILES string of the molecule is O=C(O)CCC/C=C/CC1C(O)CC(F)C1CCC(O)C1Cc2ccccc2C1. The van der Waals surface area contributed by atoms with E-state index in [0.29, 0.717) is 32.1 Å². The third-order valence-corrected chi connectivity index (χ3v) is 6.73. The van der Waals surface area contributed by atoms with Crippen molar-refractivity contribution in [2.45, 2.75) is 76.2 Å². The molecule has 160 valence electrons. The quantitative estimate of drug-likeness (QED) is 0.406. The fourth-order valence-electron chi connectivity index (χ4n) is 5.07. The van der Waals surface area contributed by atoms with E-state index in [1.165, 1.54) is 11.1 Å². The lowest BCUT2D eigenvalue weighted by Crippen LogP contribution is -2.25. The number of hydrogen-bond donors (Lipinski definition) is 3. The molecule has 1 aromatic carbocycles. The predicted octanol–water partition coefficient (Wildman–Crippen LogP) is 4.08. The van der Waals surface area contributed by atoms with Gasteiger partial charge in [0.25, 0.3) is 0 Å². The molecule has 1 aromatic rings. The lowest BCUT2D eigenvalue weighted by atomic mass is 9.84. The van der Waals surface area contributed by atoms with Gasteiger partial charge in [0.1, 0.15) is 6.17 Å². The maximum atomic E-state index is 14.5. The van der Waals surface area contributed by atoms with Crippen molar-refractivity contribution >= 4 is 5.97 Å². The van der Waals surface area contributed by atoms with E-state index in [9.17, 15) is 19.4 Å². The number of halogens is 1. The Kier molecular flexibility index (Phi) is 7.84. The normalized spacial score (nSPS) is 28.1. The van der Waals surface area contributed by atoms with Crippen LogP contribution in [0.1, 0.15) is 56.1 Å². The molecule has 0 heterocycles. The van der Waals surface area contributed by atoms with Crippen molar-refractivity contribution in [1.82, 2.24) is 0 Å². The average Bonchev–Trinajstić information content (AvgIpc) is 3.23. The molecule has 0 amide bonds. The molecule has 4 nitrogen and oxygen atoms in total. The van der Waals surface area contributed by atoms with Gasteiger partial charge in [-0.1, -0.05) is 36.4 Å². The number of carboxylic acid groups (broad SMARTS) is 1. The molecule has 29 heavy (non-hydrogen) atoms. The largest absolute Gasteiger partial charge is 0.481 e. The molecule has 2 aliphatic carbocycles. The van der Waals surface area contributed by atoms with Crippen LogP contribution < -0.4 is 0 Å². The summed E-state index contributed by atoms with van der Waals surface area (Å²) in [4.78, 5) is 10.5. The van der Waals surface area contributed by atoms with Crippen LogP contribution in [0.5, 0.6) is 0 Å². The van der Waals surface area contributed by atoms with E-state index < -0.39 is 24.3 Å². The highest BCUT2D eigenvalue weighted by molar-refractivity contribution is 5.66. The summed E-state index contributed by atoms with van der Waals surface area (Å²) < 4.78 is 14.5. The highest BCUT2D eigenvalue weighted by Gasteiger charge is 2.42. The molecule has 0 spiro atoms. The zero-order valence-corrected chi connectivity index (χ0v) is 16.9. The van der Waals surface area contributed by atoms with Crippen molar-refractivity contribution in [3.63, 3.8) is 0 Å². The molecular weight excluding hydrogens is 371 g/mol. The number of aliphatic hydroxyl groups excluding tert-OH is 2. The zero-order valence-electron chi connectivity index (χ0n) is 16.9. The Bertz CT molecular complexity index is 679. The Balaban J connectivity index is 1.46. The van der Waals surface area contributed by atoms with Gasteiger partial charge in [0.05, 0.1) is 12.2 Å². The van der Waals surface area contributed by atoms with Crippen molar-refractivity contribution in [3.8, 4) is 0 Å². The highest BCUT2D eigenvalue weighted by atomic mass is 19.1. The van der Waals surface area contributed by atoms with Gasteiger partial charge < -0.3 is 15.3 Å². The number of aliphatic hydroxyl groups is 2. The fourth-order valence-corrected chi connectivity index (χ4v) is 5.07. The summed E-state index contributed by atoms with van der Waals surface area (Å²) in [5.41, 5.74) is 2.62. The standard InChI is InChI=1S/C24H33FO4/c25-21-15-23(27)20(9-3-1-2-4-10-24(28)29)19(21)11-12-22(26)18-13-16-7-5-6-8-17(16)14-18/h1,3,5-8,18-23,26-27H,2,4,9-15H2,(H,28,29)/b3-1+. The van der Waals surface area contributed by atoms with E-state index in [-0.39, 0.29) is 30.6 Å². The molecule has 2 aliphatic rings. The molecule has 1 fully saturated rings. The molecule has 1 saturated carbocycles. The van der Waals surface area contributed by atoms with Crippen molar-refractivity contribution in [1.29, 1.82) is 0 Å². The van der Waals surface area contributed by atoms with Gasteiger partial charge >= 0.3 is 5.97 Å². The van der Waals surface area contributed by atoms with Crippen LogP contribution >= 0.6 is 0 Å². The first-order chi connectivity index (χ1) is 14.0. The van der Waals surface area contributed by atoms with Gasteiger partial charge in [-0.15, -0.1) is 0 Å². The number of aliphatic carboxylic acids is 1. The molecule has 5 heteroatoms. The molecule has 0 bridgehead atoms. The molecule has 0 aliphatic heterocycles. The summed E-state index contributed by atoms with van der Waals surface area (Å²) in [7, 11) is 0. The van der Waals surface area contributed by atoms with E-state index >= 15 is 0 Å². The second-order valence-corrected chi connectivity index (χ2v) is 8.72. The number of fused-ring (bicyclic) bond motifs is 1. The summed E-state index contributed by atoms with van der Waals surface area (Å²) in [5.74, 6) is -0.959. The number of carboxylic acids is 1. The highest BCUT2D eigenvalue weighted by Crippen LogP contribution is 2.41. The lowest BCUT2D eigenvalue weighted by molar-refractivity contribution is -0.137. The van der Waals surface area contributed by atoms with Crippen LogP contribution in [-0.2, 0) is 17.6 Å². The maximum absolute atomic E-state index is 14.5. The third-order valence-electron chi connectivity index (χ3n) is 6.73. The predicted molar refractivity (Wildman–Crippen MR) is 110 cm³/mol. The van der Waals surface area contributed by atoms with Gasteiger partial charge in [0.15, 0.2) is 0 Å². The molecule has 3 N–H and O–H groups in total. The minimum Gasteiger partial charge on any atom is -0.481 e. The Hall–Kier alpha value is -1.72. The molecular formula is C24H33FO4. The van der Waals surface area contributed by atoms with Crippen LogP contribution in [0.3, 0.4) is 0 Å². The second kappa shape index (κ2) is 10.4. The van der Waals surface area contributed by atoms with Crippen LogP contribution in [0.2, 0.25) is 0 Å². The number of carbonyl (C=O) groups is 1. The molecule has 3 rings (SSSR count). The minimum atomic E-state index is -1.02. The number of benzene rings is 1. The number of rotatable bonds is 10. The Labute approximate surface area is 172 Å². The third kappa shape index (κ3) is 5.89. The molecule has 0 saturated heterocycles. The van der Waals surface area contributed by atoms with Gasteiger partial charge in [-0.2, -0.15) is 0 Å². The molecule has 5 unspecified atom stereocenters. The molecule has 0 radical (unpaired) electrons. The van der Waals surface area contributed by atoms with Crippen LogP contribution in [-0.4, -0.2) is 39.7 Å². The zero-order chi connectivity index (χ0) is 20.8. The van der Waals surface area contributed by atoms with E-state index in [2.05, 4.69) is 12.1 Å². The minimum absolute atomic E-state index is 0.131. The maximum Gasteiger partial charge on any atom is 0.303 e. The van der Waals surface area contributed by atoms with Crippen LogP contribution in [0.15, 0.2) is 36.4 Å². The van der Waals surface area contributed by atoms with Crippen LogP contribution in [0.4, 0.5) is 4.39 Å². The summed E-state index contributed by atoms with van der Waals surface area (Å²) in [6, 6.07) is 8.29. The number of allylic oxidation sites excluding steroid dienone is 2. The molecule has 5 atom stereocenters. The fraction of sp³-hybridized carbons (Fsp3) is 0.625. The van der Waals surface area contributed by atoms with E-state index in [1.54, 1.807) is 0 Å². The number of hydrogen-bond acceptors (Lipinski definition) is 3. The second-order valence-electron chi connectivity index (χ2n) is 8.72. The van der Waals surface area contributed by atoms with Gasteiger partial charge in [-0.3, -0.25) is 4.79 Å². The van der Waals surface area contributed by atoms with Gasteiger partial charge in [-0.25, -0.2) is 4.39 Å². The first kappa shape index (κ1) is 22.0. The monoisotopic (exact) mass is 404 g/mol. The first-order valence-corrected chi connectivity index (χ1v) is 10.9. The average molecular weight is 405 g/mol. The van der Waals surface area contributed by atoms with E-state index in [0.717, 1.165) is 12.8 Å². The van der Waals surface area contributed by atoms with Crippen molar-refractivity contribution in [2.75, 3.05) is 0 Å². The van der Waals surface area contributed by atoms with Gasteiger partial charge in [0, 0.05) is 12.8 Å². The summed E-state index contributed by atoms with van der Waals surface area (Å²) in [6.07, 6.45) is 6.87. The smallest absolute Gasteiger partial charge is 0.303 e. The van der Waals surface area contributed by atoms with E-state index in [4.69, 9.17) is 5.11 Å².